The van der Waals surface area contributed by atoms with Crippen LogP contribution in [0.4, 0.5) is 11.6 Å². The Bertz CT molecular complexity index is 584. The lowest BCUT2D eigenvalue weighted by molar-refractivity contribution is -0.142. The van der Waals surface area contributed by atoms with Crippen molar-refractivity contribution in [3.8, 4) is 0 Å². The van der Waals surface area contributed by atoms with Crippen molar-refractivity contribution in [2.45, 2.75) is 58.4 Å². The van der Waals surface area contributed by atoms with Crippen molar-refractivity contribution in [3.63, 3.8) is 0 Å². The molecule has 6 nitrogen and oxygen atoms in total. The minimum Gasteiger partial charge on any atom is -0.481 e. The number of anilines is 2. The van der Waals surface area contributed by atoms with E-state index in [0.717, 1.165) is 43.5 Å². The molecule has 0 bridgehead atoms. The molecule has 1 aromatic rings. The molecule has 1 aromatic heterocycles. The van der Waals surface area contributed by atoms with Crippen molar-refractivity contribution in [2.24, 2.45) is 5.92 Å². The second-order valence-electron chi connectivity index (χ2n) is 6.98. The van der Waals surface area contributed by atoms with E-state index in [2.05, 4.69) is 32.8 Å². The summed E-state index contributed by atoms with van der Waals surface area (Å²) >= 11 is 0. The van der Waals surface area contributed by atoms with Gasteiger partial charge in [-0.1, -0.05) is 6.92 Å². The van der Waals surface area contributed by atoms with Gasteiger partial charge < -0.3 is 14.9 Å². The molecule has 24 heavy (non-hydrogen) atoms. The van der Waals surface area contributed by atoms with Crippen LogP contribution in [-0.4, -0.2) is 46.7 Å². The molecule has 0 aliphatic carbocycles. The van der Waals surface area contributed by atoms with Crippen molar-refractivity contribution in [1.82, 2.24) is 9.97 Å². The fraction of sp³-hybridized carbons (Fsp3) is 0.722. The number of carbonyl (C=O) groups is 1. The topological polar surface area (TPSA) is 69.6 Å². The van der Waals surface area contributed by atoms with Crippen LogP contribution in [0.3, 0.4) is 0 Å². The van der Waals surface area contributed by atoms with E-state index in [1.807, 2.05) is 6.92 Å². The molecule has 2 saturated heterocycles. The summed E-state index contributed by atoms with van der Waals surface area (Å²) in [6.45, 7) is 6.76. The maximum absolute atomic E-state index is 11.1. The van der Waals surface area contributed by atoms with Crippen LogP contribution in [0.1, 0.15) is 51.3 Å². The summed E-state index contributed by atoms with van der Waals surface area (Å²) in [4.78, 5) is 25.1. The maximum atomic E-state index is 11.1. The summed E-state index contributed by atoms with van der Waals surface area (Å²) in [5, 5.41) is 9.16. The van der Waals surface area contributed by atoms with E-state index in [1.54, 1.807) is 0 Å². The van der Waals surface area contributed by atoms with Gasteiger partial charge in [0.15, 0.2) is 0 Å². The number of nitrogens with zero attached hydrogens (tertiary/aromatic N) is 4. The molecule has 0 spiro atoms. The minimum absolute atomic E-state index is 0.213. The Labute approximate surface area is 143 Å². The molecule has 3 heterocycles. The van der Waals surface area contributed by atoms with Crippen LogP contribution in [0, 0.1) is 12.8 Å². The largest absolute Gasteiger partial charge is 0.481 e. The number of aryl methyl sites for hydroxylation is 1. The summed E-state index contributed by atoms with van der Waals surface area (Å²) in [7, 11) is 0. The van der Waals surface area contributed by atoms with Gasteiger partial charge in [0.1, 0.15) is 17.5 Å². The van der Waals surface area contributed by atoms with Crippen LogP contribution in [0.5, 0.6) is 0 Å². The average Bonchev–Trinajstić information content (AvgIpc) is 2.61. The zero-order valence-corrected chi connectivity index (χ0v) is 14.7. The molecular formula is C18H28N4O2. The van der Waals surface area contributed by atoms with Crippen molar-refractivity contribution in [3.05, 3.63) is 11.9 Å². The van der Waals surface area contributed by atoms with E-state index in [9.17, 15) is 4.79 Å². The highest BCUT2D eigenvalue weighted by molar-refractivity contribution is 5.70. The normalized spacial score (nSPS) is 22.7. The zero-order valence-electron chi connectivity index (χ0n) is 14.7. The monoisotopic (exact) mass is 332 g/mol. The van der Waals surface area contributed by atoms with E-state index in [1.165, 1.54) is 19.3 Å². The van der Waals surface area contributed by atoms with Gasteiger partial charge in [0, 0.05) is 31.7 Å². The Morgan fingerprint density at radius 1 is 1.17 bits per heavy atom. The summed E-state index contributed by atoms with van der Waals surface area (Å²) in [5.74, 6) is 1.89. The first kappa shape index (κ1) is 17.0. The van der Waals surface area contributed by atoms with Gasteiger partial charge in [0.25, 0.3) is 0 Å². The first-order chi connectivity index (χ1) is 11.6. The molecule has 2 aliphatic rings. The molecule has 2 fully saturated rings. The number of rotatable bonds is 4. The highest BCUT2D eigenvalue weighted by Crippen LogP contribution is 2.29. The molecule has 2 aliphatic heterocycles. The van der Waals surface area contributed by atoms with Crippen LogP contribution in [0.25, 0.3) is 0 Å². The second kappa shape index (κ2) is 7.36. The lowest BCUT2D eigenvalue weighted by Gasteiger charge is -2.37. The SMILES string of the molecule is CCC1CCCCN1c1cc(N2CCC(C(=O)O)CC2)nc(C)n1. The third kappa shape index (κ3) is 3.62. The van der Waals surface area contributed by atoms with Crippen molar-refractivity contribution in [2.75, 3.05) is 29.4 Å². The van der Waals surface area contributed by atoms with Crippen LogP contribution in [-0.2, 0) is 4.79 Å². The molecule has 132 valence electrons. The van der Waals surface area contributed by atoms with Crippen LogP contribution in [0.15, 0.2) is 6.07 Å². The van der Waals surface area contributed by atoms with Crippen molar-refractivity contribution in [1.29, 1.82) is 0 Å². The van der Waals surface area contributed by atoms with Crippen LogP contribution < -0.4 is 9.80 Å². The fourth-order valence-electron chi connectivity index (χ4n) is 3.93. The smallest absolute Gasteiger partial charge is 0.306 e. The number of carboxylic acid groups (broad SMARTS) is 1. The number of aromatic nitrogens is 2. The van der Waals surface area contributed by atoms with Crippen LogP contribution in [0.2, 0.25) is 0 Å². The van der Waals surface area contributed by atoms with Gasteiger partial charge in [-0.3, -0.25) is 4.79 Å². The van der Waals surface area contributed by atoms with Gasteiger partial charge in [0.2, 0.25) is 0 Å². The minimum atomic E-state index is -0.673. The molecule has 0 radical (unpaired) electrons. The van der Waals surface area contributed by atoms with Crippen molar-refractivity contribution >= 4 is 17.6 Å². The lowest BCUT2D eigenvalue weighted by Crippen LogP contribution is -2.40. The second-order valence-corrected chi connectivity index (χ2v) is 6.98. The average molecular weight is 332 g/mol. The number of aliphatic carboxylic acids is 1. The van der Waals surface area contributed by atoms with Gasteiger partial charge in [-0.15, -0.1) is 0 Å². The van der Waals surface area contributed by atoms with E-state index in [0.29, 0.717) is 18.9 Å². The molecule has 0 saturated carbocycles. The Morgan fingerprint density at radius 3 is 2.54 bits per heavy atom. The number of piperidine rings is 2. The highest BCUT2D eigenvalue weighted by Gasteiger charge is 2.27. The Balaban J connectivity index is 1.78. The van der Waals surface area contributed by atoms with E-state index < -0.39 is 5.97 Å². The Morgan fingerprint density at radius 2 is 1.88 bits per heavy atom. The lowest BCUT2D eigenvalue weighted by atomic mass is 9.97. The maximum Gasteiger partial charge on any atom is 0.306 e. The fourth-order valence-corrected chi connectivity index (χ4v) is 3.93. The third-order valence-electron chi connectivity index (χ3n) is 5.37. The molecule has 0 aromatic carbocycles. The summed E-state index contributed by atoms with van der Waals surface area (Å²) in [5.41, 5.74) is 0. The first-order valence-corrected chi connectivity index (χ1v) is 9.18. The Hall–Kier alpha value is -1.85. The number of hydrogen-bond donors (Lipinski definition) is 1. The van der Waals surface area contributed by atoms with E-state index in [-0.39, 0.29) is 5.92 Å². The van der Waals surface area contributed by atoms with Gasteiger partial charge in [-0.25, -0.2) is 9.97 Å². The zero-order chi connectivity index (χ0) is 17.1. The Kier molecular flexibility index (Phi) is 5.21. The van der Waals surface area contributed by atoms with E-state index in [4.69, 9.17) is 5.11 Å². The molecule has 1 unspecified atom stereocenters. The predicted octanol–water partition coefficient (Wildman–Crippen LogP) is 2.85. The standard InChI is InChI=1S/C18H28N4O2/c1-3-15-6-4-5-9-22(15)17-12-16(19-13(2)20-17)21-10-7-14(8-11-21)18(23)24/h12,14-15H,3-11H2,1-2H3,(H,23,24). The highest BCUT2D eigenvalue weighted by atomic mass is 16.4. The molecule has 1 atom stereocenters. The molecule has 3 rings (SSSR count). The third-order valence-corrected chi connectivity index (χ3v) is 5.37. The molecular weight excluding hydrogens is 304 g/mol. The van der Waals surface area contributed by atoms with Gasteiger partial charge in [-0.2, -0.15) is 0 Å². The molecule has 0 amide bonds. The van der Waals surface area contributed by atoms with Crippen molar-refractivity contribution < 1.29 is 9.90 Å². The summed E-state index contributed by atoms with van der Waals surface area (Å²) in [6.07, 6.45) is 6.28. The summed E-state index contributed by atoms with van der Waals surface area (Å²) < 4.78 is 0. The first-order valence-electron chi connectivity index (χ1n) is 9.18. The number of hydrogen-bond acceptors (Lipinski definition) is 5. The van der Waals surface area contributed by atoms with Gasteiger partial charge in [0.05, 0.1) is 5.92 Å². The quantitative estimate of drug-likeness (QED) is 0.914. The van der Waals surface area contributed by atoms with E-state index >= 15 is 0 Å². The number of carboxylic acids is 1. The predicted molar refractivity (Wildman–Crippen MR) is 94.6 cm³/mol. The van der Waals surface area contributed by atoms with Gasteiger partial charge in [-0.05, 0) is 45.4 Å². The molecule has 1 N–H and O–H groups in total. The molecule has 6 heteroatoms. The summed E-state index contributed by atoms with van der Waals surface area (Å²) in [6, 6.07) is 2.67. The van der Waals surface area contributed by atoms with Crippen LogP contribution >= 0.6 is 0 Å². The van der Waals surface area contributed by atoms with Gasteiger partial charge >= 0.3 is 5.97 Å².